The van der Waals surface area contributed by atoms with Crippen LogP contribution in [-0.2, 0) is 14.3 Å². The van der Waals surface area contributed by atoms with Gasteiger partial charge < -0.3 is 19.2 Å². The molecule has 2 atom stereocenters. The van der Waals surface area contributed by atoms with Gasteiger partial charge in [0.1, 0.15) is 30.1 Å². The van der Waals surface area contributed by atoms with Crippen LogP contribution in [0.15, 0.2) is 71.4 Å². The molecule has 1 unspecified atom stereocenters. The summed E-state index contributed by atoms with van der Waals surface area (Å²) in [5, 5.41) is 4.51. The minimum atomic E-state index is -0.519. The molecule has 1 saturated carbocycles. The highest BCUT2D eigenvalue weighted by molar-refractivity contribution is 6.05. The molecule has 0 spiro atoms. The number of rotatable bonds is 7. The SMILES string of the molecule is CC(C)(C)OC(=O)CO[C@@H]1CCCC(Nc2ncnc3oc(-c4ccccc4)c(-c4ccccc4)c23)C1. The first-order valence-corrected chi connectivity index (χ1v) is 12.9. The Morgan fingerprint density at radius 2 is 1.70 bits per heavy atom. The Balaban J connectivity index is 1.41. The Kier molecular flexibility index (Phi) is 7.24. The third-order valence-electron chi connectivity index (χ3n) is 6.41. The largest absolute Gasteiger partial charge is 0.458 e. The van der Waals surface area contributed by atoms with Gasteiger partial charge in [0.15, 0.2) is 0 Å². The lowest BCUT2D eigenvalue weighted by atomic mass is 9.92. The number of hydrogen-bond acceptors (Lipinski definition) is 7. The van der Waals surface area contributed by atoms with Crippen molar-refractivity contribution in [1.29, 1.82) is 0 Å². The van der Waals surface area contributed by atoms with Gasteiger partial charge in [-0.2, -0.15) is 0 Å². The van der Waals surface area contributed by atoms with E-state index in [1.54, 1.807) is 0 Å². The van der Waals surface area contributed by atoms with Crippen molar-refractivity contribution in [1.82, 2.24) is 9.97 Å². The standard InChI is InChI=1S/C30H33N3O4/c1-30(2,3)37-24(34)18-35-23-16-10-15-22(17-23)33-28-26-25(20-11-6-4-7-12-20)27(21-13-8-5-9-14-21)36-29(26)32-19-31-28/h4-9,11-14,19,22-23H,10,15-18H2,1-3H3,(H,31,32,33)/t22?,23-/m1/s1. The van der Waals surface area contributed by atoms with E-state index >= 15 is 0 Å². The number of carbonyl (C=O) groups excluding carboxylic acids is 1. The molecule has 7 heteroatoms. The van der Waals surface area contributed by atoms with Gasteiger partial charge in [-0.15, -0.1) is 0 Å². The second-order valence-corrected chi connectivity index (χ2v) is 10.5. The van der Waals surface area contributed by atoms with E-state index in [0.717, 1.165) is 59.3 Å². The van der Waals surface area contributed by atoms with Crippen molar-refractivity contribution < 1.29 is 18.7 Å². The van der Waals surface area contributed by atoms with Crippen LogP contribution in [0.25, 0.3) is 33.6 Å². The highest BCUT2D eigenvalue weighted by Gasteiger charge is 2.27. The van der Waals surface area contributed by atoms with Crippen molar-refractivity contribution in [3.63, 3.8) is 0 Å². The van der Waals surface area contributed by atoms with E-state index in [1.165, 1.54) is 6.33 Å². The first kappa shape index (κ1) is 25.0. The molecular formula is C30H33N3O4. The zero-order valence-corrected chi connectivity index (χ0v) is 21.6. The monoisotopic (exact) mass is 499 g/mol. The molecule has 1 aliphatic rings. The van der Waals surface area contributed by atoms with E-state index in [1.807, 2.05) is 69.3 Å². The first-order valence-electron chi connectivity index (χ1n) is 12.9. The van der Waals surface area contributed by atoms with Gasteiger partial charge in [0.2, 0.25) is 5.71 Å². The number of aromatic nitrogens is 2. The highest BCUT2D eigenvalue weighted by Crippen LogP contribution is 2.42. The average Bonchev–Trinajstić information content (AvgIpc) is 3.29. The molecule has 0 bridgehead atoms. The third-order valence-corrected chi connectivity index (χ3v) is 6.41. The third kappa shape index (κ3) is 6.00. The summed E-state index contributed by atoms with van der Waals surface area (Å²) in [6.45, 7) is 5.54. The van der Waals surface area contributed by atoms with Crippen LogP contribution in [0, 0.1) is 0 Å². The average molecular weight is 500 g/mol. The van der Waals surface area contributed by atoms with E-state index in [-0.39, 0.29) is 24.7 Å². The number of nitrogens with one attached hydrogen (secondary N) is 1. The van der Waals surface area contributed by atoms with Crippen molar-refractivity contribution in [2.24, 2.45) is 0 Å². The number of ether oxygens (including phenoxy) is 2. The fourth-order valence-electron chi connectivity index (χ4n) is 4.89. The number of esters is 1. The van der Waals surface area contributed by atoms with Crippen LogP contribution in [-0.4, -0.2) is 40.3 Å². The van der Waals surface area contributed by atoms with Crippen LogP contribution >= 0.6 is 0 Å². The minimum absolute atomic E-state index is 0.0195. The Morgan fingerprint density at radius 3 is 2.41 bits per heavy atom. The van der Waals surface area contributed by atoms with Crippen molar-refractivity contribution >= 4 is 22.9 Å². The van der Waals surface area contributed by atoms with Crippen LogP contribution in [0.3, 0.4) is 0 Å². The lowest BCUT2D eigenvalue weighted by molar-refractivity contribution is -0.162. The summed E-state index contributed by atoms with van der Waals surface area (Å²) < 4.78 is 17.6. The lowest BCUT2D eigenvalue weighted by Crippen LogP contribution is -2.34. The van der Waals surface area contributed by atoms with Crippen molar-refractivity contribution in [2.45, 2.75) is 64.2 Å². The maximum Gasteiger partial charge on any atom is 0.332 e. The molecule has 192 valence electrons. The molecule has 7 nitrogen and oxygen atoms in total. The number of benzene rings is 2. The number of anilines is 1. The Bertz CT molecular complexity index is 1350. The number of fused-ring (bicyclic) bond motifs is 1. The zero-order chi connectivity index (χ0) is 25.8. The van der Waals surface area contributed by atoms with Crippen LogP contribution in [0.1, 0.15) is 46.5 Å². The second-order valence-electron chi connectivity index (χ2n) is 10.5. The minimum Gasteiger partial charge on any atom is -0.458 e. The van der Waals surface area contributed by atoms with Gasteiger partial charge in [-0.25, -0.2) is 14.8 Å². The number of carbonyl (C=O) groups is 1. The molecule has 2 aromatic carbocycles. The zero-order valence-electron chi connectivity index (χ0n) is 21.6. The van der Waals surface area contributed by atoms with Crippen LogP contribution in [0.4, 0.5) is 5.82 Å². The van der Waals surface area contributed by atoms with Crippen molar-refractivity contribution in [3.8, 4) is 22.5 Å². The molecule has 0 amide bonds. The van der Waals surface area contributed by atoms with Gasteiger partial charge in [-0.1, -0.05) is 60.7 Å². The van der Waals surface area contributed by atoms with E-state index in [2.05, 4.69) is 27.4 Å². The van der Waals surface area contributed by atoms with E-state index in [0.29, 0.717) is 5.71 Å². The number of hydrogen-bond donors (Lipinski definition) is 1. The van der Waals surface area contributed by atoms with Crippen molar-refractivity contribution in [3.05, 3.63) is 67.0 Å². The Labute approximate surface area is 217 Å². The Hall–Kier alpha value is -3.71. The molecule has 37 heavy (non-hydrogen) atoms. The van der Waals surface area contributed by atoms with E-state index < -0.39 is 5.60 Å². The van der Waals surface area contributed by atoms with Gasteiger partial charge in [0.25, 0.3) is 0 Å². The summed E-state index contributed by atoms with van der Waals surface area (Å²) in [5.41, 5.74) is 3.02. The van der Waals surface area contributed by atoms with Gasteiger partial charge in [-0.3, -0.25) is 0 Å². The molecule has 0 saturated heterocycles. The fraction of sp³-hybridized carbons (Fsp3) is 0.367. The number of nitrogens with zero attached hydrogens (tertiary/aromatic N) is 2. The summed E-state index contributed by atoms with van der Waals surface area (Å²) in [7, 11) is 0. The summed E-state index contributed by atoms with van der Waals surface area (Å²) in [4.78, 5) is 21.2. The van der Waals surface area contributed by atoms with E-state index in [4.69, 9.17) is 13.9 Å². The molecule has 0 radical (unpaired) electrons. The highest BCUT2D eigenvalue weighted by atomic mass is 16.6. The smallest absolute Gasteiger partial charge is 0.332 e. The fourth-order valence-corrected chi connectivity index (χ4v) is 4.89. The summed E-state index contributed by atoms with van der Waals surface area (Å²) >= 11 is 0. The summed E-state index contributed by atoms with van der Waals surface area (Å²) in [6, 6.07) is 20.4. The predicted molar refractivity (Wildman–Crippen MR) is 144 cm³/mol. The van der Waals surface area contributed by atoms with Crippen molar-refractivity contribution in [2.75, 3.05) is 11.9 Å². The molecule has 1 fully saturated rings. The van der Waals surface area contributed by atoms with Gasteiger partial charge in [0, 0.05) is 17.2 Å². The quantitative estimate of drug-likeness (QED) is 0.285. The molecule has 4 aromatic rings. The lowest BCUT2D eigenvalue weighted by Gasteiger charge is -2.30. The van der Waals surface area contributed by atoms with Crippen LogP contribution < -0.4 is 5.32 Å². The summed E-state index contributed by atoms with van der Waals surface area (Å²) in [5.74, 6) is 1.18. The van der Waals surface area contributed by atoms with Gasteiger partial charge >= 0.3 is 5.97 Å². The van der Waals surface area contributed by atoms with Crippen LogP contribution in [0.5, 0.6) is 0 Å². The predicted octanol–water partition coefficient (Wildman–Crippen LogP) is 6.64. The second kappa shape index (κ2) is 10.7. The van der Waals surface area contributed by atoms with E-state index in [9.17, 15) is 4.79 Å². The van der Waals surface area contributed by atoms with Gasteiger partial charge in [-0.05, 0) is 52.0 Å². The maximum atomic E-state index is 12.1. The number of furan rings is 1. The molecule has 2 heterocycles. The first-order chi connectivity index (χ1) is 17.9. The molecule has 1 N–H and O–H groups in total. The van der Waals surface area contributed by atoms with Crippen LogP contribution in [0.2, 0.25) is 0 Å². The topological polar surface area (TPSA) is 86.5 Å². The normalized spacial score (nSPS) is 18.0. The van der Waals surface area contributed by atoms with Gasteiger partial charge in [0.05, 0.1) is 11.5 Å². The Morgan fingerprint density at radius 1 is 1.00 bits per heavy atom. The molecule has 1 aliphatic carbocycles. The summed E-state index contributed by atoms with van der Waals surface area (Å²) in [6.07, 6.45) is 5.20. The molecular weight excluding hydrogens is 466 g/mol. The molecule has 0 aliphatic heterocycles. The molecule has 5 rings (SSSR count). The maximum absolute atomic E-state index is 12.1. The molecule has 2 aromatic heterocycles.